The number of rotatable bonds is 4. The molecule has 0 atom stereocenters. The minimum atomic E-state index is -0.621. The quantitative estimate of drug-likeness (QED) is 0.486. The van der Waals surface area contributed by atoms with Gasteiger partial charge in [-0.1, -0.05) is 15.9 Å². The standard InChI is InChI=1S/C12H11BrN4O3S/c1-6-5-21-12(15-6)16-14-4-8-3-9(13)7(2)10(11(8)18)17(19)20/h3-5,18H,1-2H3,(H,15,16). The van der Waals surface area contributed by atoms with Crippen molar-refractivity contribution in [2.75, 3.05) is 5.43 Å². The van der Waals surface area contributed by atoms with Crippen LogP contribution in [0.5, 0.6) is 5.75 Å². The van der Waals surface area contributed by atoms with Crippen LogP contribution in [0.15, 0.2) is 21.0 Å². The highest BCUT2D eigenvalue weighted by atomic mass is 79.9. The number of phenols is 1. The van der Waals surface area contributed by atoms with Crippen LogP contribution >= 0.6 is 27.3 Å². The van der Waals surface area contributed by atoms with E-state index in [0.29, 0.717) is 15.2 Å². The third-order valence-electron chi connectivity index (χ3n) is 2.66. The number of benzene rings is 1. The summed E-state index contributed by atoms with van der Waals surface area (Å²) in [7, 11) is 0. The first-order chi connectivity index (χ1) is 9.90. The number of hydrazone groups is 1. The Labute approximate surface area is 132 Å². The first kappa shape index (κ1) is 15.4. The number of hydrogen-bond acceptors (Lipinski definition) is 7. The second-order valence-electron chi connectivity index (χ2n) is 4.19. The first-order valence-corrected chi connectivity index (χ1v) is 7.45. The summed E-state index contributed by atoms with van der Waals surface area (Å²) in [5.41, 5.74) is 3.83. The average Bonchev–Trinajstić information content (AvgIpc) is 2.81. The molecule has 0 aliphatic carbocycles. The van der Waals surface area contributed by atoms with Crippen LogP contribution in [0, 0.1) is 24.0 Å². The lowest BCUT2D eigenvalue weighted by Crippen LogP contribution is -1.98. The summed E-state index contributed by atoms with van der Waals surface area (Å²) in [5.74, 6) is -0.415. The van der Waals surface area contributed by atoms with Gasteiger partial charge in [0.1, 0.15) is 0 Å². The van der Waals surface area contributed by atoms with Crippen molar-refractivity contribution in [2.24, 2.45) is 5.10 Å². The number of thiazole rings is 1. The highest BCUT2D eigenvalue weighted by Crippen LogP contribution is 2.37. The predicted octanol–water partition coefficient (Wildman–Crippen LogP) is 3.58. The molecule has 1 heterocycles. The first-order valence-electron chi connectivity index (χ1n) is 5.77. The Kier molecular flexibility index (Phi) is 4.53. The molecule has 0 saturated heterocycles. The van der Waals surface area contributed by atoms with Gasteiger partial charge in [-0.25, -0.2) is 4.98 Å². The minimum absolute atomic E-state index is 0.236. The lowest BCUT2D eigenvalue weighted by molar-refractivity contribution is -0.386. The topological polar surface area (TPSA) is 101 Å². The van der Waals surface area contributed by atoms with Gasteiger partial charge in [-0.3, -0.25) is 15.5 Å². The average molecular weight is 371 g/mol. The molecule has 0 unspecified atom stereocenters. The van der Waals surface area contributed by atoms with E-state index in [-0.39, 0.29) is 11.3 Å². The van der Waals surface area contributed by atoms with Crippen molar-refractivity contribution in [2.45, 2.75) is 13.8 Å². The van der Waals surface area contributed by atoms with Crippen LogP contribution in [-0.4, -0.2) is 21.2 Å². The molecule has 110 valence electrons. The second kappa shape index (κ2) is 6.19. The SMILES string of the molecule is Cc1csc(NN=Cc2cc(Br)c(C)c([N+](=O)[O-])c2O)n1. The zero-order valence-corrected chi connectivity index (χ0v) is 13.5. The largest absolute Gasteiger partial charge is 0.502 e. The maximum Gasteiger partial charge on any atom is 0.315 e. The summed E-state index contributed by atoms with van der Waals surface area (Å²) in [6.07, 6.45) is 1.31. The molecule has 0 amide bonds. The van der Waals surface area contributed by atoms with Crippen LogP contribution in [0.3, 0.4) is 0 Å². The Hall–Kier alpha value is -2.00. The minimum Gasteiger partial charge on any atom is -0.502 e. The Morgan fingerprint density at radius 1 is 1.57 bits per heavy atom. The van der Waals surface area contributed by atoms with E-state index in [0.717, 1.165) is 5.69 Å². The summed E-state index contributed by atoms with van der Waals surface area (Å²) in [6.45, 7) is 3.41. The number of phenolic OH excluding ortho intramolecular Hbond substituents is 1. The number of nitrogens with zero attached hydrogens (tertiary/aromatic N) is 3. The van der Waals surface area contributed by atoms with Gasteiger partial charge < -0.3 is 5.11 Å². The summed E-state index contributed by atoms with van der Waals surface area (Å²) in [6, 6.07) is 1.57. The number of aromatic nitrogens is 1. The van der Waals surface area contributed by atoms with E-state index >= 15 is 0 Å². The molecule has 0 bridgehead atoms. The zero-order chi connectivity index (χ0) is 15.6. The van der Waals surface area contributed by atoms with Crippen LogP contribution in [-0.2, 0) is 0 Å². The fourth-order valence-corrected chi connectivity index (χ4v) is 2.70. The van der Waals surface area contributed by atoms with E-state index < -0.39 is 10.7 Å². The highest BCUT2D eigenvalue weighted by molar-refractivity contribution is 9.10. The third kappa shape index (κ3) is 3.37. The van der Waals surface area contributed by atoms with E-state index in [2.05, 4.69) is 31.4 Å². The maximum atomic E-state index is 11.0. The van der Waals surface area contributed by atoms with Crippen LogP contribution in [0.25, 0.3) is 0 Å². The van der Waals surface area contributed by atoms with Crippen molar-refractivity contribution in [3.8, 4) is 5.75 Å². The molecular weight excluding hydrogens is 360 g/mol. The molecule has 2 N–H and O–H groups in total. The number of anilines is 1. The van der Waals surface area contributed by atoms with Crippen LogP contribution < -0.4 is 5.43 Å². The van der Waals surface area contributed by atoms with E-state index in [1.165, 1.54) is 17.6 Å². The molecule has 0 fully saturated rings. The molecule has 0 aliphatic heterocycles. The number of nitro benzene ring substituents is 1. The Balaban J connectivity index is 2.30. The van der Waals surface area contributed by atoms with Gasteiger partial charge in [0.2, 0.25) is 10.9 Å². The fraction of sp³-hybridized carbons (Fsp3) is 0.167. The van der Waals surface area contributed by atoms with Crippen LogP contribution in [0.4, 0.5) is 10.8 Å². The number of nitrogens with one attached hydrogen (secondary N) is 1. The van der Waals surface area contributed by atoms with Gasteiger partial charge in [0.25, 0.3) is 0 Å². The number of hydrogen-bond donors (Lipinski definition) is 2. The lowest BCUT2D eigenvalue weighted by atomic mass is 10.1. The van der Waals surface area contributed by atoms with Gasteiger partial charge >= 0.3 is 5.69 Å². The summed E-state index contributed by atoms with van der Waals surface area (Å²) < 4.78 is 0.526. The number of halogens is 1. The second-order valence-corrected chi connectivity index (χ2v) is 5.90. The van der Waals surface area contributed by atoms with E-state index in [4.69, 9.17) is 0 Å². The Bertz CT molecular complexity index is 730. The van der Waals surface area contributed by atoms with Gasteiger partial charge in [-0.15, -0.1) is 11.3 Å². The van der Waals surface area contributed by atoms with Crippen molar-refractivity contribution >= 4 is 44.3 Å². The molecule has 9 heteroatoms. The van der Waals surface area contributed by atoms with Gasteiger partial charge in [0.05, 0.1) is 16.8 Å². The molecular formula is C12H11BrN4O3S. The molecule has 7 nitrogen and oxygen atoms in total. The molecule has 0 aliphatic rings. The predicted molar refractivity (Wildman–Crippen MR) is 85.3 cm³/mol. The molecule has 0 saturated carbocycles. The summed E-state index contributed by atoms with van der Waals surface area (Å²) in [4.78, 5) is 14.5. The Morgan fingerprint density at radius 3 is 2.86 bits per heavy atom. The van der Waals surface area contributed by atoms with Crippen LogP contribution in [0.1, 0.15) is 16.8 Å². The number of aromatic hydroxyl groups is 1. The molecule has 0 spiro atoms. The molecule has 1 aromatic carbocycles. The fourth-order valence-electron chi connectivity index (χ4n) is 1.62. The molecule has 21 heavy (non-hydrogen) atoms. The maximum absolute atomic E-state index is 11.0. The van der Waals surface area contributed by atoms with Crippen LogP contribution in [0.2, 0.25) is 0 Å². The van der Waals surface area contributed by atoms with Crippen molar-refractivity contribution < 1.29 is 10.0 Å². The van der Waals surface area contributed by atoms with Crippen molar-refractivity contribution in [3.05, 3.63) is 42.9 Å². The van der Waals surface area contributed by atoms with Gasteiger partial charge in [0.15, 0.2) is 0 Å². The zero-order valence-electron chi connectivity index (χ0n) is 11.1. The molecule has 1 aromatic heterocycles. The summed E-state index contributed by atoms with van der Waals surface area (Å²) >= 11 is 4.62. The molecule has 2 aromatic rings. The van der Waals surface area contributed by atoms with E-state index in [1.54, 1.807) is 13.0 Å². The summed E-state index contributed by atoms with van der Waals surface area (Å²) in [5, 5.41) is 27.4. The number of nitro groups is 1. The van der Waals surface area contributed by atoms with E-state index in [9.17, 15) is 15.2 Å². The van der Waals surface area contributed by atoms with Gasteiger partial charge in [-0.05, 0) is 19.9 Å². The number of aryl methyl sites for hydroxylation is 1. The van der Waals surface area contributed by atoms with Gasteiger partial charge in [-0.2, -0.15) is 5.10 Å². The van der Waals surface area contributed by atoms with Crippen molar-refractivity contribution in [1.29, 1.82) is 0 Å². The molecule has 2 rings (SSSR count). The highest BCUT2D eigenvalue weighted by Gasteiger charge is 2.22. The molecule has 0 radical (unpaired) electrons. The van der Waals surface area contributed by atoms with Crippen molar-refractivity contribution in [3.63, 3.8) is 0 Å². The Morgan fingerprint density at radius 2 is 2.29 bits per heavy atom. The monoisotopic (exact) mass is 370 g/mol. The third-order valence-corrected chi connectivity index (χ3v) is 4.35. The van der Waals surface area contributed by atoms with E-state index in [1.807, 2.05) is 12.3 Å². The van der Waals surface area contributed by atoms with Gasteiger partial charge in [0, 0.05) is 21.0 Å². The smallest absolute Gasteiger partial charge is 0.315 e. The lowest BCUT2D eigenvalue weighted by Gasteiger charge is -2.05. The normalized spacial score (nSPS) is 11.0. The van der Waals surface area contributed by atoms with Crippen molar-refractivity contribution in [1.82, 2.24) is 4.98 Å².